The number of halogens is 1. The van der Waals surface area contributed by atoms with Crippen molar-refractivity contribution in [3.63, 3.8) is 0 Å². The summed E-state index contributed by atoms with van der Waals surface area (Å²) < 4.78 is 52.0. The number of nitrogens with one attached hydrogen (secondary N) is 3. The van der Waals surface area contributed by atoms with Gasteiger partial charge in [-0.1, -0.05) is 18.2 Å². The summed E-state index contributed by atoms with van der Waals surface area (Å²) in [5.74, 6) is -1.98. The van der Waals surface area contributed by atoms with Crippen molar-refractivity contribution in [1.82, 2.24) is 10.9 Å². The summed E-state index contributed by atoms with van der Waals surface area (Å²) in [7, 11) is -1.28. The summed E-state index contributed by atoms with van der Waals surface area (Å²) in [6, 6.07) is 15.2. The number of amides is 2. The number of benzene rings is 3. The van der Waals surface area contributed by atoms with E-state index < -0.39 is 27.7 Å². The van der Waals surface area contributed by atoms with E-state index in [1.54, 1.807) is 18.2 Å². The Bertz CT molecular complexity index is 1300. The van der Waals surface area contributed by atoms with Crippen molar-refractivity contribution >= 4 is 27.5 Å². The first kappa shape index (κ1) is 23.5. The lowest BCUT2D eigenvalue weighted by molar-refractivity contribution is 0.0844. The predicted molar refractivity (Wildman–Crippen MR) is 118 cm³/mol. The van der Waals surface area contributed by atoms with Gasteiger partial charge >= 0.3 is 0 Å². The van der Waals surface area contributed by atoms with Crippen LogP contribution in [-0.2, 0) is 10.0 Å². The Balaban J connectivity index is 1.72. The smallest absolute Gasteiger partial charge is 0.272 e. The molecule has 0 aromatic heterocycles. The summed E-state index contributed by atoms with van der Waals surface area (Å²) in [6.45, 7) is 0. The molecule has 2 amide bonds. The van der Waals surface area contributed by atoms with E-state index in [1.807, 2.05) is 0 Å². The van der Waals surface area contributed by atoms with E-state index in [-0.39, 0.29) is 27.5 Å². The number of para-hydroxylation sites is 2. The number of rotatable bonds is 7. The lowest BCUT2D eigenvalue weighted by Crippen LogP contribution is -2.42. The van der Waals surface area contributed by atoms with Crippen LogP contribution in [0, 0.1) is 5.82 Å². The molecular weight excluding hydrogens is 453 g/mol. The molecule has 0 spiro atoms. The highest BCUT2D eigenvalue weighted by Crippen LogP contribution is 2.26. The maximum Gasteiger partial charge on any atom is 0.272 e. The minimum Gasteiger partial charge on any atom is -0.497 e. The molecule has 0 bridgehead atoms. The number of hydrogen-bond donors (Lipinski definition) is 3. The zero-order valence-corrected chi connectivity index (χ0v) is 18.4. The zero-order chi connectivity index (χ0) is 24.0. The SMILES string of the molecule is COc1ccc(C(=O)NNC(=O)c2cccc(S(=O)(=O)Nc3ccccc3OC)c2)c(F)c1. The van der Waals surface area contributed by atoms with Crippen LogP contribution in [0.5, 0.6) is 11.5 Å². The van der Waals surface area contributed by atoms with Gasteiger partial charge in [0.2, 0.25) is 0 Å². The number of sulfonamides is 1. The number of ether oxygens (including phenoxy) is 2. The monoisotopic (exact) mass is 473 g/mol. The number of carbonyl (C=O) groups excluding carboxylic acids is 2. The van der Waals surface area contributed by atoms with E-state index >= 15 is 0 Å². The second-order valence-corrected chi connectivity index (χ2v) is 8.27. The van der Waals surface area contributed by atoms with Gasteiger partial charge in [0.15, 0.2) is 0 Å². The summed E-state index contributed by atoms with van der Waals surface area (Å²) in [5, 5.41) is 0. The molecule has 33 heavy (non-hydrogen) atoms. The second kappa shape index (κ2) is 10.0. The number of hydrogen-bond acceptors (Lipinski definition) is 6. The molecule has 0 aliphatic carbocycles. The Labute approximate surface area is 189 Å². The van der Waals surface area contributed by atoms with Crippen LogP contribution < -0.4 is 25.0 Å². The van der Waals surface area contributed by atoms with Crippen molar-refractivity contribution in [2.75, 3.05) is 18.9 Å². The van der Waals surface area contributed by atoms with Crippen molar-refractivity contribution < 1.29 is 31.9 Å². The van der Waals surface area contributed by atoms with Gasteiger partial charge in [0.25, 0.3) is 21.8 Å². The maximum absolute atomic E-state index is 14.0. The van der Waals surface area contributed by atoms with E-state index in [1.165, 1.54) is 50.6 Å². The van der Waals surface area contributed by atoms with E-state index in [9.17, 15) is 22.4 Å². The fourth-order valence-corrected chi connectivity index (χ4v) is 3.91. The molecule has 0 fully saturated rings. The van der Waals surface area contributed by atoms with Gasteiger partial charge in [0, 0.05) is 11.6 Å². The van der Waals surface area contributed by atoms with Gasteiger partial charge in [-0.05, 0) is 42.5 Å². The van der Waals surface area contributed by atoms with Crippen LogP contribution in [0.25, 0.3) is 0 Å². The van der Waals surface area contributed by atoms with Crippen molar-refractivity contribution in [2.24, 2.45) is 0 Å². The van der Waals surface area contributed by atoms with Crippen LogP contribution in [0.1, 0.15) is 20.7 Å². The van der Waals surface area contributed by atoms with Crippen LogP contribution in [0.3, 0.4) is 0 Å². The maximum atomic E-state index is 14.0. The topological polar surface area (TPSA) is 123 Å². The average Bonchev–Trinajstić information content (AvgIpc) is 2.82. The lowest BCUT2D eigenvalue weighted by Gasteiger charge is -2.12. The van der Waals surface area contributed by atoms with Crippen molar-refractivity contribution in [1.29, 1.82) is 0 Å². The third kappa shape index (κ3) is 5.57. The molecule has 11 heteroatoms. The van der Waals surface area contributed by atoms with E-state index in [0.717, 1.165) is 12.1 Å². The molecule has 3 aromatic carbocycles. The van der Waals surface area contributed by atoms with Gasteiger partial charge in [-0.2, -0.15) is 0 Å². The zero-order valence-electron chi connectivity index (χ0n) is 17.6. The Morgan fingerprint density at radius 2 is 1.58 bits per heavy atom. The Morgan fingerprint density at radius 3 is 2.27 bits per heavy atom. The fourth-order valence-electron chi connectivity index (χ4n) is 2.80. The van der Waals surface area contributed by atoms with Crippen LogP contribution in [0.4, 0.5) is 10.1 Å². The molecule has 0 radical (unpaired) electrons. The molecule has 9 nitrogen and oxygen atoms in total. The highest BCUT2D eigenvalue weighted by atomic mass is 32.2. The number of carbonyl (C=O) groups is 2. The number of methoxy groups -OCH3 is 2. The molecule has 3 aromatic rings. The average molecular weight is 473 g/mol. The summed E-state index contributed by atoms with van der Waals surface area (Å²) in [5.41, 5.74) is 4.08. The fraction of sp³-hybridized carbons (Fsp3) is 0.0909. The standard InChI is InChI=1S/C22H20FN3O6S/c1-31-15-10-11-17(18(23)13-15)22(28)25-24-21(27)14-6-5-7-16(12-14)33(29,30)26-19-8-3-4-9-20(19)32-2/h3-13,26H,1-2H3,(H,24,27)(H,25,28). The highest BCUT2D eigenvalue weighted by molar-refractivity contribution is 7.92. The minimum absolute atomic E-state index is 0.0478. The molecule has 3 N–H and O–H groups in total. The van der Waals surface area contributed by atoms with E-state index in [2.05, 4.69) is 15.6 Å². The quantitative estimate of drug-likeness (QED) is 0.454. The second-order valence-electron chi connectivity index (χ2n) is 6.59. The highest BCUT2D eigenvalue weighted by Gasteiger charge is 2.19. The lowest BCUT2D eigenvalue weighted by atomic mass is 10.2. The Kier molecular flexibility index (Phi) is 7.13. The normalized spacial score (nSPS) is 10.8. The molecular formula is C22H20FN3O6S. The summed E-state index contributed by atoms with van der Waals surface area (Å²) >= 11 is 0. The molecule has 0 saturated carbocycles. The Morgan fingerprint density at radius 1 is 0.848 bits per heavy atom. The Hall–Kier alpha value is -4.12. The van der Waals surface area contributed by atoms with Crippen molar-refractivity contribution in [3.05, 3.63) is 83.7 Å². The van der Waals surface area contributed by atoms with Crippen LogP contribution in [0.2, 0.25) is 0 Å². The van der Waals surface area contributed by atoms with Gasteiger partial charge in [0.1, 0.15) is 17.3 Å². The molecule has 3 rings (SSSR count). The third-order valence-electron chi connectivity index (χ3n) is 4.47. The van der Waals surface area contributed by atoms with Crippen LogP contribution in [-0.4, -0.2) is 34.5 Å². The first-order valence-electron chi connectivity index (χ1n) is 9.45. The first-order valence-corrected chi connectivity index (χ1v) is 10.9. The molecule has 0 unspecified atom stereocenters. The summed E-state index contributed by atoms with van der Waals surface area (Å²) in [6.07, 6.45) is 0. The minimum atomic E-state index is -4.05. The molecule has 0 atom stereocenters. The molecule has 0 aliphatic rings. The third-order valence-corrected chi connectivity index (χ3v) is 5.83. The van der Waals surface area contributed by atoms with E-state index in [4.69, 9.17) is 9.47 Å². The van der Waals surface area contributed by atoms with Crippen LogP contribution >= 0.6 is 0 Å². The van der Waals surface area contributed by atoms with E-state index in [0.29, 0.717) is 5.75 Å². The molecule has 0 saturated heterocycles. The summed E-state index contributed by atoms with van der Waals surface area (Å²) in [4.78, 5) is 24.4. The molecule has 0 heterocycles. The van der Waals surface area contributed by atoms with Crippen molar-refractivity contribution in [3.8, 4) is 11.5 Å². The largest absolute Gasteiger partial charge is 0.497 e. The first-order chi connectivity index (χ1) is 15.7. The van der Waals surface area contributed by atoms with Gasteiger partial charge < -0.3 is 9.47 Å². The van der Waals surface area contributed by atoms with Gasteiger partial charge in [-0.15, -0.1) is 0 Å². The van der Waals surface area contributed by atoms with Gasteiger partial charge in [-0.25, -0.2) is 12.8 Å². The predicted octanol–water partition coefficient (Wildman–Crippen LogP) is 2.72. The molecule has 0 aliphatic heterocycles. The number of hydrazine groups is 1. The number of anilines is 1. The van der Waals surface area contributed by atoms with Crippen molar-refractivity contribution in [2.45, 2.75) is 4.90 Å². The van der Waals surface area contributed by atoms with Gasteiger partial charge in [-0.3, -0.25) is 25.2 Å². The van der Waals surface area contributed by atoms with Gasteiger partial charge in [0.05, 0.1) is 30.4 Å². The molecule has 172 valence electrons. The van der Waals surface area contributed by atoms with Crippen LogP contribution in [0.15, 0.2) is 71.6 Å².